The Morgan fingerprint density at radius 2 is 2.00 bits per heavy atom. The van der Waals surface area contributed by atoms with Crippen molar-refractivity contribution in [2.24, 2.45) is 0 Å². The Bertz CT molecular complexity index is 269. The van der Waals surface area contributed by atoms with Crippen LogP contribution >= 0.6 is 0 Å². The van der Waals surface area contributed by atoms with E-state index in [9.17, 15) is 8.78 Å². The standard InChI is InChI=1S/C11H13F2/c1-2-3-4-5-9-6-7-10(12)11(13)8-9/h3,6-8H,2,4-5H2,1H3. The molecule has 0 saturated heterocycles. The molecule has 1 radical (unpaired) electrons. The van der Waals surface area contributed by atoms with Gasteiger partial charge in [0.1, 0.15) is 0 Å². The van der Waals surface area contributed by atoms with Crippen LogP contribution in [0.15, 0.2) is 18.2 Å². The molecule has 0 N–H and O–H groups in total. The summed E-state index contributed by atoms with van der Waals surface area (Å²) in [6.45, 7) is 2.06. The highest BCUT2D eigenvalue weighted by molar-refractivity contribution is 5.18. The topological polar surface area (TPSA) is 0 Å². The van der Waals surface area contributed by atoms with Gasteiger partial charge in [0.15, 0.2) is 11.6 Å². The van der Waals surface area contributed by atoms with Crippen molar-refractivity contribution in [1.82, 2.24) is 0 Å². The van der Waals surface area contributed by atoms with Crippen LogP contribution in [0.3, 0.4) is 0 Å². The molecule has 0 aliphatic rings. The molecule has 0 aliphatic heterocycles. The van der Waals surface area contributed by atoms with Crippen LogP contribution in [0, 0.1) is 18.1 Å². The van der Waals surface area contributed by atoms with Gasteiger partial charge in [-0.25, -0.2) is 8.78 Å². The third-order valence-corrected chi connectivity index (χ3v) is 1.91. The van der Waals surface area contributed by atoms with Crippen LogP contribution in [-0.4, -0.2) is 0 Å². The van der Waals surface area contributed by atoms with Crippen molar-refractivity contribution in [1.29, 1.82) is 0 Å². The van der Waals surface area contributed by atoms with E-state index >= 15 is 0 Å². The first-order chi connectivity index (χ1) is 6.24. The molecule has 0 saturated carbocycles. The van der Waals surface area contributed by atoms with Crippen LogP contribution in [0.2, 0.25) is 0 Å². The predicted molar refractivity (Wildman–Crippen MR) is 49.3 cm³/mol. The first-order valence-corrected chi connectivity index (χ1v) is 4.49. The van der Waals surface area contributed by atoms with E-state index in [1.165, 1.54) is 12.1 Å². The molecular formula is C11H13F2. The highest BCUT2D eigenvalue weighted by Gasteiger charge is 2.01. The van der Waals surface area contributed by atoms with Crippen molar-refractivity contribution >= 4 is 0 Å². The van der Waals surface area contributed by atoms with E-state index in [1.54, 1.807) is 6.07 Å². The van der Waals surface area contributed by atoms with Gasteiger partial charge in [0, 0.05) is 0 Å². The summed E-state index contributed by atoms with van der Waals surface area (Å²) in [6, 6.07) is 4.07. The molecule has 0 aliphatic carbocycles. The fourth-order valence-electron chi connectivity index (χ4n) is 1.17. The molecule has 0 atom stereocenters. The van der Waals surface area contributed by atoms with Crippen molar-refractivity contribution in [3.8, 4) is 0 Å². The van der Waals surface area contributed by atoms with Gasteiger partial charge in [-0.2, -0.15) is 0 Å². The van der Waals surface area contributed by atoms with Crippen LogP contribution in [0.1, 0.15) is 25.3 Å². The molecule has 0 nitrogen and oxygen atoms in total. The van der Waals surface area contributed by atoms with E-state index in [2.05, 4.69) is 13.3 Å². The molecule has 71 valence electrons. The molecule has 1 aromatic rings. The average molecular weight is 183 g/mol. The number of aryl methyl sites for hydroxylation is 1. The van der Waals surface area contributed by atoms with Crippen LogP contribution < -0.4 is 0 Å². The van der Waals surface area contributed by atoms with E-state index in [0.717, 1.165) is 24.8 Å². The number of unbranched alkanes of at least 4 members (excludes halogenated alkanes) is 2. The number of hydrogen-bond acceptors (Lipinski definition) is 0. The van der Waals surface area contributed by atoms with E-state index in [0.29, 0.717) is 0 Å². The van der Waals surface area contributed by atoms with Crippen LogP contribution in [-0.2, 0) is 6.42 Å². The van der Waals surface area contributed by atoms with Gasteiger partial charge in [0.25, 0.3) is 0 Å². The maximum absolute atomic E-state index is 12.7. The maximum Gasteiger partial charge on any atom is 0.159 e. The van der Waals surface area contributed by atoms with Crippen LogP contribution in [0.4, 0.5) is 8.78 Å². The monoisotopic (exact) mass is 183 g/mol. The van der Waals surface area contributed by atoms with Gasteiger partial charge in [-0.1, -0.05) is 19.4 Å². The Morgan fingerprint density at radius 1 is 1.23 bits per heavy atom. The van der Waals surface area contributed by atoms with Crippen molar-refractivity contribution in [3.05, 3.63) is 41.8 Å². The van der Waals surface area contributed by atoms with Crippen LogP contribution in [0.25, 0.3) is 0 Å². The van der Waals surface area contributed by atoms with E-state index in [4.69, 9.17) is 0 Å². The van der Waals surface area contributed by atoms with Crippen molar-refractivity contribution in [2.75, 3.05) is 0 Å². The second-order valence-corrected chi connectivity index (χ2v) is 2.98. The molecule has 0 heterocycles. The Labute approximate surface area is 77.6 Å². The minimum atomic E-state index is -0.775. The third-order valence-electron chi connectivity index (χ3n) is 1.91. The zero-order valence-corrected chi connectivity index (χ0v) is 7.69. The summed E-state index contributed by atoms with van der Waals surface area (Å²) in [6.07, 6.45) is 4.84. The summed E-state index contributed by atoms with van der Waals surface area (Å²) in [5.41, 5.74) is 0.851. The second-order valence-electron chi connectivity index (χ2n) is 2.98. The number of halogens is 2. The minimum Gasteiger partial charge on any atom is -0.204 e. The number of hydrogen-bond donors (Lipinski definition) is 0. The lowest BCUT2D eigenvalue weighted by atomic mass is 10.1. The Hall–Kier alpha value is -0.920. The van der Waals surface area contributed by atoms with Gasteiger partial charge in [0.05, 0.1) is 0 Å². The van der Waals surface area contributed by atoms with Gasteiger partial charge in [-0.3, -0.25) is 0 Å². The molecule has 1 aromatic carbocycles. The van der Waals surface area contributed by atoms with E-state index in [-0.39, 0.29) is 0 Å². The lowest BCUT2D eigenvalue weighted by Crippen LogP contribution is -1.90. The Balaban J connectivity index is 2.53. The molecule has 0 fully saturated rings. The summed E-state index contributed by atoms with van der Waals surface area (Å²) in [7, 11) is 0. The van der Waals surface area contributed by atoms with E-state index < -0.39 is 11.6 Å². The first kappa shape index (κ1) is 10.2. The summed E-state index contributed by atoms with van der Waals surface area (Å²) in [5.74, 6) is -1.53. The zero-order valence-electron chi connectivity index (χ0n) is 7.69. The Kier molecular flexibility index (Phi) is 3.87. The molecule has 1 rings (SSSR count). The van der Waals surface area contributed by atoms with Crippen molar-refractivity contribution in [2.45, 2.75) is 26.2 Å². The molecule has 0 spiro atoms. The summed E-state index contributed by atoms with van der Waals surface area (Å²) in [4.78, 5) is 0. The normalized spacial score (nSPS) is 10.4. The molecule has 0 aromatic heterocycles. The molecule has 13 heavy (non-hydrogen) atoms. The van der Waals surface area contributed by atoms with Gasteiger partial charge in [0.2, 0.25) is 0 Å². The molecule has 0 amide bonds. The molecule has 0 unspecified atom stereocenters. The van der Waals surface area contributed by atoms with Crippen molar-refractivity contribution < 1.29 is 8.78 Å². The summed E-state index contributed by atoms with van der Waals surface area (Å²) in [5, 5.41) is 0. The minimum absolute atomic E-state index is 0.756. The molecular weight excluding hydrogens is 170 g/mol. The first-order valence-electron chi connectivity index (χ1n) is 4.49. The number of rotatable bonds is 4. The average Bonchev–Trinajstić information content (AvgIpc) is 2.12. The molecule has 2 heteroatoms. The fraction of sp³-hybridized carbons (Fsp3) is 0.364. The highest BCUT2D eigenvalue weighted by atomic mass is 19.2. The Morgan fingerprint density at radius 3 is 2.62 bits per heavy atom. The van der Waals surface area contributed by atoms with E-state index in [1.807, 2.05) is 0 Å². The highest BCUT2D eigenvalue weighted by Crippen LogP contribution is 2.11. The van der Waals surface area contributed by atoms with Gasteiger partial charge in [-0.15, -0.1) is 0 Å². The zero-order chi connectivity index (χ0) is 9.68. The van der Waals surface area contributed by atoms with Gasteiger partial charge in [-0.05, 0) is 37.0 Å². The lowest BCUT2D eigenvalue weighted by Gasteiger charge is -2.00. The number of benzene rings is 1. The SMILES string of the molecule is CC[CH]CCc1ccc(F)c(F)c1. The molecule has 0 bridgehead atoms. The summed E-state index contributed by atoms with van der Waals surface area (Å²) >= 11 is 0. The fourth-order valence-corrected chi connectivity index (χ4v) is 1.17. The van der Waals surface area contributed by atoms with Crippen molar-refractivity contribution in [3.63, 3.8) is 0 Å². The lowest BCUT2D eigenvalue weighted by molar-refractivity contribution is 0.507. The quantitative estimate of drug-likeness (QED) is 0.626. The maximum atomic E-state index is 12.7. The smallest absolute Gasteiger partial charge is 0.159 e. The van der Waals surface area contributed by atoms with Gasteiger partial charge < -0.3 is 0 Å². The third kappa shape index (κ3) is 3.13. The predicted octanol–water partition coefficient (Wildman–Crippen LogP) is 3.51. The summed E-state index contributed by atoms with van der Waals surface area (Å²) < 4.78 is 25.2. The van der Waals surface area contributed by atoms with Crippen LogP contribution in [0.5, 0.6) is 0 Å². The second kappa shape index (κ2) is 4.95. The largest absolute Gasteiger partial charge is 0.204 e. The van der Waals surface area contributed by atoms with Gasteiger partial charge >= 0.3 is 0 Å².